The Morgan fingerprint density at radius 1 is 0.950 bits per heavy atom. The van der Waals surface area contributed by atoms with Crippen molar-refractivity contribution in [2.75, 3.05) is 0 Å². The molecule has 0 aliphatic carbocycles. The Kier molecular flexibility index (Phi) is 6.13. The summed E-state index contributed by atoms with van der Waals surface area (Å²) in [7, 11) is 0. The van der Waals surface area contributed by atoms with Crippen molar-refractivity contribution in [2.24, 2.45) is 0 Å². The standard InChI is InChI=1S/C18H27NO/c1-2-3-4-5-6-7-8-13-19-14-12-16-10-9-11-17(15-20)18(16)19/h9-12,14,20H,2-8,13,15H2,1H3. The summed E-state index contributed by atoms with van der Waals surface area (Å²) in [6.45, 7) is 3.45. The summed E-state index contributed by atoms with van der Waals surface area (Å²) < 4.78 is 2.30. The van der Waals surface area contributed by atoms with E-state index in [0.29, 0.717) is 0 Å². The Morgan fingerprint density at radius 2 is 1.70 bits per heavy atom. The molecule has 0 saturated heterocycles. The number of fused-ring (bicyclic) bond motifs is 1. The number of unbranched alkanes of at least 4 members (excludes halogenated alkanes) is 6. The van der Waals surface area contributed by atoms with Gasteiger partial charge in [0.15, 0.2) is 0 Å². The van der Waals surface area contributed by atoms with Gasteiger partial charge in [-0.25, -0.2) is 0 Å². The van der Waals surface area contributed by atoms with E-state index in [9.17, 15) is 5.11 Å². The quantitative estimate of drug-likeness (QED) is 0.647. The number of hydrogen-bond donors (Lipinski definition) is 1. The second-order valence-electron chi connectivity index (χ2n) is 5.64. The summed E-state index contributed by atoms with van der Waals surface area (Å²) in [5.74, 6) is 0. The van der Waals surface area contributed by atoms with Crippen molar-refractivity contribution in [1.29, 1.82) is 0 Å². The van der Waals surface area contributed by atoms with Gasteiger partial charge >= 0.3 is 0 Å². The van der Waals surface area contributed by atoms with Crippen LogP contribution in [0.5, 0.6) is 0 Å². The van der Waals surface area contributed by atoms with Crippen LogP contribution in [0.2, 0.25) is 0 Å². The Labute approximate surface area is 122 Å². The summed E-state index contributed by atoms with van der Waals surface area (Å²) in [6.07, 6.45) is 11.5. The number of aryl methyl sites for hydroxylation is 1. The molecule has 1 aromatic heterocycles. The predicted molar refractivity (Wildman–Crippen MR) is 85.9 cm³/mol. The van der Waals surface area contributed by atoms with Crippen LogP contribution in [0.1, 0.15) is 57.4 Å². The minimum absolute atomic E-state index is 0.123. The van der Waals surface area contributed by atoms with Crippen LogP contribution in [-0.2, 0) is 13.2 Å². The molecule has 0 fully saturated rings. The molecule has 1 aromatic carbocycles. The normalized spacial score (nSPS) is 11.3. The largest absolute Gasteiger partial charge is 0.392 e. The van der Waals surface area contributed by atoms with E-state index in [1.165, 1.54) is 55.8 Å². The van der Waals surface area contributed by atoms with Gasteiger partial charge in [0.25, 0.3) is 0 Å². The summed E-state index contributed by atoms with van der Waals surface area (Å²) in [5.41, 5.74) is 2.25. The fraction of sp³-hybridized carbons (Fsp3) is 0.556. The molecule has 110 valence electrons. The number of aromatic nitrogens is 1. The molecule has 0 amide bonds. The zero-order valence-corrected chi connectivity index (χ0v) is 12.6. The smallest absolute Gasteiger partial charge is 0.0702 e. The fourth-order valence-corrected chi connectivity index (χ4v) is 2.89. The van der Waals surface area contributed by atoms with Gasteiger partial charge in [-0.1, -0.05) is 63.6 Å². The maximum atomic E-state index is 9.46. The lowest BCUT2D eigenvalue weighted by atomic mass is 10.1. The van der Waals surface area contributed by atoms with Crippen LogP contribution in [0, 0.1) is 0 Å². The lowest BCUT2D eigenvalue weighted by molar-refractivity contribution is 0.283. The summed E-state index contributed by atoms with van der Waals surface area (Å²) in [6, 6.07) is 8.31. The van der Waals surface area contributed by atoms with Gasteiger partial charge in [0.05, 0.1) is 12.1 Å². The molecule has 2 aromatic rings. The van der Waals surface area contributed by atoms with E-state index in [-0.39, 0.29) is 6.61 Å². The van der Waals surface area contributed by atoms with Gasteiger partial charge in [-0.2, -0.15) is 0 Å². The summed E-state index contributed by atoms with van der Waals surface area (Å²) >= 11 is 0. The molecular formula is C18H27NO. The average molecular weight is 273 g/mol. The van der Waals surface area contributed by atoms with Crippen LogP contribution in [0.15, 0.2) is 30.5 Å². The second kappa shape index (κ2) is 8.11. The molecule has 2 nitrogen and oxygen atoms in total. The lowest BCUT2D eigenvalue weighted by Crippen LogP contribution is -1.99. The number of para-hydroxylation sites is 1. The predicted octanol–water partition coefficient (Wildman–Crippen LogP) is 4.88. The highest BCUT2D eigenvalue weighted by molar-refractivity contribution is 5.83. The first-order chi connectivity index (χ1) is 9.86. The van der Waals surface area contributed by atoms with Gasteiger partial charge < -0.3 is 9.67 Å². The van der Waals surface area contributed by atoms with E-state index in [4.69, 9.17) is 0 Å². The lowest BCUT2D eigenvalue weighted by Gasteiger charge is -2.08. The summed E-state index contributed by atoms with van der Waals surface area (Å²) in [5, 5.41) is 10.7. The van der Waals surface area contributed by atoms with Gasteiger partial charge in [0.1, 0.15) is 0 Å². The third-order valence-corrected chi connectivity index (χ3v) is 4.04. The Balaban J connectivity index is 1.84. The fourth-order valence-electron chi connectivity index (χ4n) is 2.89. The minimum Gasteiger partial charge on any atom is -0.392 e. The molecule has 0 aliphatic rings. The zero-order chi connectivity index (χ0) is 14.2. The number of rotatable bonds is 9. The molecule has 0 bridgehead atoms. The third-order valence-electron chi connectivity index (χ3n) is 4.04. The molecule has 1 heterocycles. The van der Waals surface area contributed by atoms with Gasteiger partial charge in [-0.05, 0) is 17.9 Å². The van der Waals surface area contributed by atoms with Crippen LogP contribution in [0.4, 0.5) is 0 Å². The number of benzene rings is 1. The molecule has 0 atom stereocenters. The van der Waals surface area contributed by atoms with E-state index < -0.39 is 0 Å². The number of nitrogens with zero attached hydrogens (tertiary/aromatic N) is 1. The third kappa shape index (κ3) is 3.86. The van der Waals surface area contributed by atoms with E-state index in [1.54, 1.807) is 0 Å². The van der Waals surface area contributed by atoms with E-state index in [2.05, 4.69) is 29.8 Å². The number of hydrogen-bond acceptors (Lipinski definition) is 1. The highest BCUT2D eigenvalue weighted by Crippen LogP contribution is 2.21. The molecule has 1 N–H and O–H groups in total. The van der Waals surface area contributed by atoms with Crippen LogP contribution < -0.4 is 0 Å². The highest BCUT2D eigenvalue weighted by Gasteiger charge is 2.05. The van der Waals surface area contributed by atoms with Crippen molar-refractivity contribution in [2.45, 2.75) is 65.0 Å². The molecule has 2 rings (SSSR count). The van der Waals surface area contributed by atoms with Crippen LogP contribution in [0.25, 0.3) is 10.9 Å². The number of aliphatic hydroxyl groups is 1. The molecule has 2 heteroatoms. The maximum absolute atomic E-state index is 9.46. The molecule has 0 unspecified atom stereocenters. The maximum Gasteiger partial charge on any atom is 0.0702 e. The topological polar surface area (TPSA) is 25.2 Å². The molecule has 0 aliphatic heterocycles. The van der Waals surface area contributed by atoms with E-state index in [1.807, 2.05) is 12.1 Å². The van der Waals surface area contributed by atoms with Crippen LogP contribution in [-0.4, -0.2) is 9.67 Å². The van der Waals surface area contributed by atoms with Gasteiger partial charge in [0.2, 0.25) is 0 Å². The van der Waals surface area contributed by atoms with Crippen molar-refractivity contribution in [3.8, 4) is 0 Å². The van der Waals surface area contributed by atoms with Crippen LogP contribution >= 0.6 is 0 Å². The Hall–Kier alpha value is -1.28. The first-order valence-corrected chi connectivity index (χ1v) is 8.04. The van der Waals surface area contributed by atoms with Gasteiger partial charge in [0, 0.05) is 18.3 Å². The monoisotopic (exact) mass is 273 g/mol. The highest BCUT2D eigenvalue weighted by atomic mass is 16.3. The van der Waals surface area contributed by atoms with E-state index in [0.717, 1.165) is 12.1 Å². The molecular weight excluding hydrogens is 246 g/mol. The Bertz CT molecular complexity index is 515. The zero-order valence-electron chi connectivity index (χ0n) is 12.6. The number of aliphatic hydroxyl groups excluding tert-OH is 1. The van der Waals surface area contributed by atoms with Crippen molar-refractivity contribution in [3.63, 3.8) is 0 Å². The second-order valence-corrected chi connectivity index (χ2v) is 5.64. The SMILES string of the molecule is CCCCCCCCCn1ccc2cccc(CO)c21. The van der Waals surface area contributed by atoms with Gasteiger partial charge in [-0.15, -0.1) is 0 Å². The minimum atomic E-state index is 0.123. The molecule has 0 spiro atoms. The van der Waals surface area contributed by atoms with Crippen molar-refractivity contribution in [1.82, 2.24) is 4.57 Å². The first kappa shape index (κ1) is 15.1. The van der Waals surface area contributed by atoms with Crippen molar-refractivity contribution in [3.05, 3.63) is 36.0 Å². The first-order valence-electron chi connectivity index (χ1n) is 8.04. The molecule has 20 heavy (non-hydrogen) atoms. The average Bonchev–Trinajstić information content (AvgIpc) is 2.89. The van der Waals surface area contributed by atoms with E-state index >= 15 is 0 Å². The van der Waals surface area contributed by atoms with Crippen molar-refractivity contribution < 1.29 is 5.11 Å². The van der Waals surface area contributed by atoms with Crippen molar-refractivity contribution >= 4 is 10.9 Å². The molecule has 0 radical (unpaired) electrons. The Morgan fingerprint density at radius 3 is 2.45 bits per heavy atom. The summed E-state index contributed by atoms with van der Waals surface area (Å²) in [4.78, 5) is 0. The van der Waals surface area contributed by atoms with Gasteiger partial charge in [-0.3, -0.25) is 0 Å². The van der Waals surface area contributed by atoms with Crippen LogP contribution in [0.3, 0.4) is 0 Å². The molecule has 0 saturated carbocycles.